The Labute approximate surface area is 157 Å². The van der Waals surface area contributed by atoms with Crippen LogP contribution in [0.5, 0.6) is 0 Å². The topological polar surface area (TPSA) is 84.0 Å². The summed E-state index contributed by atoms with van der Waals surface area (Å²) in [5.41, 5.74) is 4.50. The van der Waals surface area contributed by atoms with E-state index in [1.807, 2.05) is 32.0 Å². The molecule has 0 spiro atoms. The number of rotatable bonds is 5. The average molecular weight is 360 g/mol. The van der Waals surface area contributed by atoms with Gasteiger partial charge in [0.1, 0.15) is 5.69 Å². The molecule has 0 saturated carbocycles. The van der Waals surface area contributed by atoms with E-state index < -0.39 is 0 Å². The maximum absolute atomic E-state index is 12.5. The number of aryl methyl sites for hydroxylation is 2. The second kappa shape index (κ2) is 7.78. The minimum atomic E-state index is -0.374. The van der Waals surface area contributed by atoms with Crippen LogP contribution in [0.15, 0.2) is 54.7 Å². The lowest BCUT2D eigenvalue weighted by molar-refractivity contribution is 0.100. The molecule has 3 aromatic rings. The maximum atomic E-state index is 12.5. The SMILES string of the molecule is CC(=O)c1cccc(NC(=O)c2ccnc(Nc3ccc(C)c(C)c3)n2)c1. The van der Waals surface area contributed by atoms with Gasteiger partial charge in [-0.25, -0.2) is 9.97 Å². The molecule has 6 heteroatoms. The number of amides is 1. The van der Waals surface area contributed by atoms with Crippen molar-refractivity contribution in [2.75, 3.05) is 10.6 Å². The van der Waals surface area contributed by atoms with Crippen LogP contribution in [0.4, 0.5) is 17.3 Å². The largest absolute Gasteiger partial charge is 0.324 e. The Bertz CT molecular complexity index is 1010. The van der Waals surface area contributed by atoms with Gasteiger partial charge in [-0.2, -0.15) is 0 Å². The summed E-state index contributed by atoms with van der Waals surface area (Å²) in [6.45, 7) is 5.55. The van der Waals surface area contributed by atoms with Crippen LogP contribution in [0.3, 0.4) is 0 Å². The van der Waals surface area contributed by atoms with Crippen LogP contribution >= 0.6 is 0 Å². The monoisotopic (exact) mass is 360 g/mol. The molecule has 2 N–H and O–H groups in total. The molecule has 0 atom stereocenters. The van der Waals surface area contributed by atoms with Gasteiger partial charge in [-0.1, -0.05) is 18.2 Å². The van der Waals surface area contributed by atoms with Crippen LogP contribution in [0.1, 0.15) is 38.9 Å². The van der Waals surface area contributed by atoms with Gasteiger partial charge in [-0.15, -0.1) is 0 Å². The van der Waals surface area contributed by atoms with E-state index in [4.69, 9.17) is 0 Å². The summed E-state index contributed by atoms with van der Waals surface area (Å²) in [5, 5.41) is 5.86. The fourth-order valence-electron chi connectivity index (χ4n) is 2.50. The summed E-state index contributed by atoms with van der Waals surface area (Å²) in [7, 11) is 0. The molecule has 3 rings (SSSR count). The predicted molar refractivity (Wildman–Crippen MR) is 106 cm³/mol. The lowest BCUT2D eigenvalue weighted by Gasteiger charge is -2.09. The molecule has 6 nitrogen and oxygen atoms in total. The van der Waals surface area contributed by atoms with Crippen LogP contribution in [-0.4, -0.2) is 21.7 Å². The van der Waals surface area contributed by atoms with Crippen LogP contribution < -0.4 is 10.6 Å². The first-order valence-corrected chi connectivity index (χ1v) is 8.52. The Morgan fingerprint density at radius 3 is 2.48 bits per heavy atom. The van der Waals surface area contributed by atoms with Crippen molar-refractivity contribution in [1.29, 1.82) is 0 Å². The molecular formula is C21H20N4O2. The van der Waals surface area contributed by atoms with Crippen LogP contribution in [0.25, 0.3) is 0 Å². The molecule has 0 fully saturated rings. The highest BCUT2D eigenvalue weighted by Crippen LogP contribution is 2.18. The molecule has 0 saturated heterocycles. The minimum absolute atomic E-state index is 0.0620. The van der Waals surface area contributed by atoms with Crippen molar-refractivity contribution in [2.24, 2.45) is 0 Å². The third-order valence-electron chi connectivity index (χ3n) is 4.18. The van der Waals surface area contributed by atoms with Gasteiger partial charge in [-0.3, -0.25) is 9.59 Å². The molecule has 0 bridgehead atoms. The van der Waals surface area contributed by atoms with Gasteiger partial charge in [0.25, 0.3) is 5.91 Å². The van der Waals surface area contributed by atoms with Crippen LogP contribution in [-0.2, 0) is 0 Å². The number of ketones is 1. The van der Waals surface area contributed by atoms with Crippen LogP contribution in [0.2, 0.25) is 0 Å². The van der Waals surface area contributed by atoms with Crippen molar-refractivity contribution < 1.29 is 9.59 Å². The third kappa shape index (κ3) is 4.55. The third-order valence-corrected chi connectivity index (χ3v) is 4.18. The molecule has 0 unspecified atom stereocenters. The van der Waals surface area contributed by atoms with Crippen molar-refractivity contribution in [3.8, 4) is 0 Å². The highest BCUT2D eigenvalue weighted by molar-refractivity contribution is 6.04. The van der Waals surface area contributed by atoms with E-state index in [-0.39, 0.29) is 17.4 Å². The number of Topliss-reactive ketones (excluding diaryl/α,β-unsaturated/α-hetero) is 1. The van der Waals surface area contributed by atoms with Gasteiger partial charge >= 0.3 is 0 Å². The van der Waals surface area contributed by atoms with Gasteiger partial charge in [0.15, 0.2) is 5.78 Å². The first-order chi connectivity index (χ1) is 12.9. The van der Waals surface area contributed by atoms with Gasteiger partial charge in [0.05, 0.1) is 0 Å². The Morgan fingerprint density at radius 2 is 1.74 bits per heavy atom. The Balaban J connectivity index is 1.76. The van der Waals surface area contributed by atoms with Crippen molar-refractivity contribution in [1.82, 2.24) is 9.97 Å². The highest BCUT2D eigenvalue weighted by atomic mass is 16.2. The molecule has 1 heterocycles. The zero-order valence-electron chi connectivity index (χ0n) is 15.4. The summed E-state index contributed by atoms with van der Waals surface area (Å²) in [4.78, 5) is 32.4. The number of nitrogens with one attached hydrogen (secondary N) is 2. The Hall–Kier alpha value is -3.54. The second-order valence-electron chi connectivity index (χ2n) is 6.28. The fraction of sp³-hybridized carbons (Fsp3) is 0.143. The lowest BCUT2D eigenvalue weighted by Crippen LogP contribution is -2.15. The molecule has 0 aliphatic carbocycles. The van der Waals surface area contributed by atoms with Gasteiger partial charge in [0.2, 0.25) is 5.95 Å². The number of hydrogen-bond acceptors (Lipinski definition) is 5. The first-order valence-electron chi connectivity index (χ1n) is 8.52. The number of aromatic nitrogens is 2. The molecule has 136 valence electrons. The van der Waals surface area contributed by atoms with Crippen molar-refractivity contribution in [2.45, 2.75) is 20.8 Å². The Morgan fingerprint density at radius 1 is 0.926 bits per heavy atom. The smallest absolute Gasteiger partial charge is 0.274 e. The second-order valence-corrected chi connectivity index (χ2v) is 6.28. The standard InChI is InChI=1S/C21H20N4O2/c1-13-7-8-18(11-14(13)2)24-21-22-10-9-19(25-21)20(27)23-17-6-4-5-16(12-17)15(3)26/h4-12H,1-3H3,(H,23,27)(H,22,24,25). The van der Waals surface area contributed by atoms with E-state index in [1.54, 1.807) is 24.3 Å². The molecule has 1 aromatic heterocycles. The number of hydrogen-bond donors (Lipinski definition) is 2. The highest BCUT2D eigenvalue weighted by Gasteiger charge is 2.11. The van der Waals surface area contributed by atoms with E-state index in [2.05, 4.69) is 20.6 Å². The van der Waals surface area contributed by atoms with Crippen molar-refractivity contribution >= 4 is 29.0 Å². The minimum Gasteiger partial charge on any atom is -0.324 e. The summed E-state index contributed by atoms with van der Waals surface area (Å²) in [5.74, 6) is -0.0994. The fourth-order valence-corrected chi connectivity index (χ4v) is 2.50. The number of benzene rings is 2. The maximum Gasteiger partial charge on any atom is 0.274 e. The summed E-state index contributed by atoms with van der Waals surface area (Å²) >= 11 is 0. The first kappa shape index (κ1) is 18.3. The Kier molecular flexibility index (Phi) is 5.26. The predicted octanol–water partition coefficient (Wildman–Crippen LogP) is 4.29. The molecule has 0 aliphatic heterocycles. The van der Waals surface area contributed by atoms with Gasteiger partial charge in [0, 0.05) is 23.1 Å². The van der Waals surface area contributed by atoms with Crippen molar-refractivity contribution in [3.63, 3.8) is 0 Å². The molecule has 27 heavy (non-hydrogen) atoms. The summed E-state index contributed by atoms with van der Waals surface area (Å²) in [6.07, 6.45) is 1.53. The van der Waals surface area contributed by atoms with Gasteiger partial charge in [-0.05, 0) is 62.2 Å². The molecule has 0 aliphatic rings. The molecule has 0 radical (unpaired) electrons. The van der Waals surface area contributed by atoms with Crippen LogP contribution in [0, 0.1) is 13.8 Å². The number of carbonyl (C=O) groups excluding carboxylic acids is 2. The van der Waals surface area contributed by atoms with E-state index in [0.29, 0.717) is 17.2 Å². The number of anilines is 3. The van der Waals surface area contributed by atoms with Gasteiger partial charge < -0.3 is 10.6 Å². The number of nitrogens with zero attached hydrogens (tertiary/aromatic N) is 2. The molecule has 1 amide bonds. The zero-order valence-corrected chi connectivity index (χ0v) is 15.4. The molecular weight excluding hydrogens is 340 g/mol. The average Bonchev–Trinajstić information content (AvgIpc) is 2.65. The summed E-state index contributed by atoms with van der Waals surface area (Å²) < 4.78 is 0. The van der Waals surface area contributed by atoms with E-state index in [9.17, 15) is 9.59 Å². The zero-order chi connectivity index (χ0) is 19.4. The quantitative estimate of drug-likeness (QED) is 0.663. The normalized spacial score (nSPS) is 10.3. The van der Waals surface area contributed by atoms with E-state index in [0.717, 1.165) is 11.3 Å². The number of carbonyl (C=O) groups is 2. The molecule has 2 aromatic carbocycles. The van der Waals surface area contributed by atoms with E-state index in [1.165, 1.54) is 24.8 Å². The van der Waals surface area contributed by atoms with E-state index >= 15 is 0 Å². The van der Waals surface area contributed by atoms with Crippen molar-refractivity contribution in [3.05, 3.63) is 77.1 Å². The summed E-state index contributed by atoms with van der Waals surface area (Å²) in [6, 6.07) is 14.3. The lowest BCUT2D eigenvalue weighted by atomic mass is 10.1.